The first kappa shape index (κ1) is 19.5. The molecule has 1 aromatic heterocycles. The van der Waals surface area contributed by atoms with Crippen molar-refractivity contribution >= 4 is 5.96 Å². The summed E-state index contributed by atoms with van der Waals surface area (Å²) in [7, 11) is 1.80. The fourth-order valence-electron chi connectivity index (χ4n) is 2.35. The van der Waals surface area contributed by atoms with Crippen molar-refractivity contribution in [2.75, 3.05) is 20.1 Å². The van der Waals surface area contributed by atoms with Crippen LogP contribution in [-0.4, -0.2) is 36.2 Å². The van der Waals surface area contributed by atoms with Crippen LogP contribution in [-0.2, 0) is 6.42 Å². The fourth-order valence-corrected chi connectivity index (χ4v) is 2.35. The number of aliphatic imine (C=N–C) groups is 1. The fraction of sp³-hybridized carbons (Fsp3) is 0.824. The van der Waals surface area contributed by atoms with Gasteiger partial charge in [-0.3, -0.25) is 4.99 Å². The molecule has 0 aromatic carbocycles. The van der Waals surface area contributed by atoms with Gasteiger partial charge >= 0.3 is 0 Å². The van der Waals surface area contributed by atoms with Gasteiger partial charge in [-0.25, -0.2) is 0 Å². The summed E-state index contributed by atoms with van der Waals surface area (Å²) in [5.41, 5.74) is 0. The molecule has 0 amide bonds. The van der Waals surface area contributed by atoms with E-state index in [1.54, 1.807) is 7.05 Å². The maximum atomic E-state index is 5.09. The third-order valence-corrected chi connectivity index (χ3v) is 3.65. The number of unbranched alkanes of at least 4 members (excludes halogenated alkanes) is 3. The van der Waals surface area contributed by atoms with Gasteiger partial charge in [0, 0.05) is 26.6 Å². The van der Waals surface area contributed by atoms with Gasteiger partial charge in [-0.2, -0.15) is 4.98 Å². The third-order valence-electron chi connectivity index (χ3n) is 3.65. The number of aromatic nitrogens is 2. The molecular formula is C17H33N5O. The van der Waals surface area contributed by atoms with Crippen LogP contribution in [0.2, 0.25) is 0 Å². The Bertz CT molecular complexity index is 442. The monoisotopic (exact) mass is 323 g/mol. The largest absolute Gasteiger partial charge is 0.356 e. The van der Waals surface area contributed by atoms with Crippen LogP contribution in [0.25, 0.3) is 0 Å². The minimum absolute atomic E-state index is 0.693. The van der Waals surface area contributed by atoms with Gasteiger partial charge in [-0.15, -0.1) is 0 Å². The van der Waals surface area contributed by atoms with E-state index >= 15 is 0 Å². The molecule has 0 unspecified atom stereocenters. The van der Waals surface area contributed by atoms with Crippen LogP contribution in [0.15, 0.2) is 9.52 Å². The summed E-state index contributed by atoms with van der Waals surface area (Å²) in [6, 6.07) is 0. The summed E-state index contributed by atoms with van der Waals surface area (Å²) < 4.78 is 5.09. The van der Waals surface area contributed by atoms with Gasteiger partial charge < -0.3 is 15.2 Å². The van der Waals surface area contributed by atoms with Crippen LogP contribution < -0.4 is 10.6 Å². The quantitative estimate of drug-likeness (QED) is 0.372. The van der Waals surface area contributed by atoms with Crippen molar-refractivity contribution in [1.82, 2.24) is 20.8 Å². The molecular weight excluding hydrogens is 290 g/mol. The van der Waals surface area contributed by atoms with Crippen LogP contribution in [0.1, 0.15) is 64.1 Å². The minimum atomic E-state index is 0.693. The van der Waals surface area contributed by atoms with Gasteiger partial charge in [-0.1, -0.05) is 44.7 Å². The maximum absolute atomic E-state index is 5.09. The number of hydrogen-bond acceptors (Lipinski definition) is 4. The molecule has 0 atom stereocenters. The Hall–Kier alpha value is -1.59. The van der Waals surface area contributed by atoms with Gasteiger partial charge in [0.2, 0.25) is 5.89 Å². The number of guanidine groups is 1. The molecule has 0 spiro atoms. The first-order valence-electron chi connectivity index (χ1n) is 8.85. The van der Waals surface area contributed by atoms with E-state index in [2.05, 4.69) is 39.6 Å². The number of hydrogen-bond donors (Lipinski definition) is 2. The van der Waals surface area contributed by atoms with E-state index in [-0.39, 0.29) is 0 Å². The first-order valence-corrected chi connectivity index (χ1v) is 8.85. The lowest BCUT2D eigenvalue weighted by atomic mass is 10.0. The lowest BCUT2D eigenvalue weighted by Crippen LogP contribution is -2.38. The predicted octanol–water partition coefficient (Wildman–Crippen LogP) is 3.08. The standard InChI is InChI=1S/C17H33N5O/c1-14(2)10-7-5-6-8-12-19-17(18-4)20-13-9-11-16-21-15(3)22-23-16/h14H,5-13H2,1-4H3,(H2,18,19,20). The molecule has 132 valence electrons. The SMILES string of the molecule is CN=C(NCCCCCCC(C)C)NCCCc1nc(C)no1. The summed E-state index contributed by atoms with van der Waals surface area (Å²) in [6.07, 6.45) is 8.23. The Morgan fingerprint density at radius 3 is 2.39 bits per heavy atom. The normalized spacial score (nSPS) is 12.0. The molecule has 0 saturated carbocycles. The molecule has 1 rings (SSSR count). The average molecular weight is 323 g/mol. The van der Waals surface area contributed by atoms with E-state index in [4.69, 9.17) is 4.52 Å². The van der Waals surface area contributed by atoms with Crippen molar-refractivity contribution in [2.45, 2.75) is 65.7 Å². The number of aryl methyl sites for hydroxylation is 2. The summed E-state index contributed by atoms with van der Waals surface area (Å²) in [5, 5.41) is 10.5. The maximum Gasteiger partial charge on any atom is 0.226 e. The zero-order valence-electron chi connectivity index (χ0n) is 15.2. The Labute approximate surface area is 140 Å². The smallest absolute Gasteiger partial charge is 0.226 e. The molecule has 0 bridgehead atoms. The van der Waals surface area contributed by atoms with Crippen LogP contribution in [0.5, 0.6) is 0 Å². The van der Waals surface area contributed by atoms with E-state index < -0.39 is 0 Å². The second kappa shape index (κ2) is 11.9. The summed E-state index contributed by atoms with van der Waals surface area (Å²) in [5.74, 6) is 3.09. The highest BCUT2D eigenvalue weighted by molar-refractivity contribution is 5.79. The first-order chi connectivity index (χ1) is 11.1. The molecule has 0 aliphatic heterocycles. The zero-order chi connectivity index (χ0) is 16.9. The summed E-state index contributed by atoms with van der Waals surface area (Å²) in [6.45, 7) is 8.23. The number of nitrogens with zero attached hydrogens (tertiary/aromatic N) is 3. The van der Waals surface area contributed by atoms with Crippen molar-refractivity contribution in [3.05, 3.63) is 11.7 Å². The molecule has 6 nitrogen and oxygen atoms in total. The predicted molar refractivity (Wildman–Crippen MR) is 94.6 cm³/mol. The van der Waals surface area contributed by atoms with Crippen LogP contribution in [0, 0.1) is 12.8 Å². The zero-order valence-corrected chi connectivity index (χ0v) is 15.2. The van der Waals surface area contributed by atoms with E-state index in [0.717, 1.165) is 37.8 Å². The summed E-state index contributed by atoms with van der Waals surface area (Å²) >= 11 is 0. The van der Waals surface area contributed by atoms with Crippen molar-refractivity contribution in [3.63, 3.8) is 0 Å². The molecule has 1 aromatic rings. The van der Waals surface area contributed by atoms with Crippen LogP contribution in [0.4, 0.5) is 0 Å². The van der Waals surface area contributed by atoms with Crippen molar-refractivity contribution in [1.29, 1.82) is 0 Å². The molecule has 6 heteroatoms. The van der Waals surface area contributed by atoms with Gasteiger partial charge in [0.05, 0.1) is 0 Å². The minimum Gasteiger partial charge on any atom is -0.356 e. The highest BCUT2D eigenvalue weighted by atomic mass is 16.5. The average Bonchev–Trinajstić information content (AvgIpc) is 2.93. The molecule has 0 radical (unpaired) electrons. The van der Waals surface area contributed by atoms with Gasteiger partial charge in [0.25, 0.3) is 0 Å². The molecule has 0 fully saturated rings. The number of nitrogens with one attached hydrogen (secondary N) is 2. The molecule has 0 aliphatic carbocycles. The van der Waals surface area contributed by atoms with Crippen molar-refractivity contribution in [3.8, 4) is 0 Å². The van der Waals surface area contributed by atoms with E-state index in [1.165, 1.54) is 32.1 Å². The van der Waals surface area contributed by atoms with E-state index in [0.29, 0.717) is 11.7 Å². The lowest BCUT2D eigenvalue weighted by Gasteiger charge is -2.11. The van der Waals surface area contributed by atoms with Gasteiger partial charge in [-0.05, 0) is 25.7 Å². The van der Waals surface area contributed by atoms with E-state index in [9.17, 15) is 0 Å². The Kier molecular flexibility index (Phi) is 10.1. The second-order valence-corrected chi connectivity index (χ2v) is 6.36. The van der Waals surface area contributed by atoms with Crippen molar-refractivity contribution < 1.29 is 4.52 Å². The Morgan fingerprint density at radius 2 is 1.78 bits per heavy atom. The highest BCUT2D eigenvalue weighted by Crippen LogP contribution is 2.08. The second-order valence-electron chi connectivity index (χ2n) is 6.36. The Morgan fingerprint density at radius 1 is 1.09 bits per heavy atom. The van der Waals surface area contributed by atoms with Crippen LogP contribution in [0.3, 0.4) is 0 Å². The van der Waals surface area contributed by atoms with E-state index in [1.807, 2.05) is 6.92 Å². The lowest BCUT2D eigenvalue weighted by molar-refractivity contribution is 0.372. The van der Waals surface area contributed by atoms with Gasteiger partial charge in [0.1, 0.15) is 0 Å². The van der Waals surface area contributed by atoms with Gasteiger partial charge in [0.15, 0.2) is 11.8 Å². The topological polar surface area (TPSA) is 75.3 Å². The Balaban J connectivity index is 1.99. The van der Waals surface area contributed by atoms with Crippen molar-refractivity contribution in [2.24, 2.45) is 10.9 Å². The highest BCUT2D eigenvalue weighted by Gasteiger charge is 2.02. The number of rotatable bonds is 11. The van der Waals surface area contributed by atoms with Crippen LogP contribution >= 0.6 is 0 Å². The molecule has 2 N–H and O–H groups in total. The summed E-state index contributed by atoms with van der Waals surface area (Å²) in [4.78, 5) is 8.43. The molecule has 0 saturated heterocycles. The molecule has 0 aliphatic rings. The molecule has 23 heavy (non-hydrogen) atoms. The third kappa shape index (κ3) is 9.92. The molecule has 1 heterocycles.